The van der Waals surface area contributed by atoms with Gasteiger partial charge in [-0.1, -0.05) is 78.1 Å². The van der Waals surface area contributed by atoms with Gasteiger partial charge in [0, 0.05) is 0 Å². The van der Waals surface area contributed by atoms with E-state index >= 15 is 0 Å². The van der Waals surface area contributed by atoms with Crippen LogP contribution < -0.4 is 0 Å². The summed E-state index contributed by atoms with van der Waals surface area (Å²) in [6, 6.07) is 0. The molecule has 0 unspecified atom stereocenters. The molecule has 0 heterocycles. The van der Waals surface area contributed by atoms with E-state index in [0.29, 0.717) is 0 Å². The molecule has 0 amide bonds. The molecule has 0 aliphatic heterocycles. The molecule has 0 rings (SSSR count). The molecule has 0 saturated carbocycles. The van der Waals surface area contributed by atoms with E-state index in [1.165, 1.54) is 98.0 Å². The molecule has 0 aromatic heterocycles. The molecule has 0 nitrogen and oxygen atoms in total. The zero-order chi connectivity index (χ0) is 12.6. The summed E-state index contributed by atoms with van der Waals surface area (Å²) in [6.07, 6.45) is 20.5. The normalized spacial score (nSPS) is 10.3. The van der Waals surface area contributed by atoms with Crippen molar-refractivity contribution in [2.45, 2.75) is 90.9 Å². The van der Waals surface area contributed by atoms with E-state index in [4.69, 9.17) is 0 Å². The number of rotatable bonds is 14. The quantitative estimate of drug-likeness (QED) is 0.224. The fourth-order valence-electron chi connectivity index (χ4n) is 2.19. The van der Waals surface area contributed by atoms with Gasteiger partial charge < -0.3 is 0 Å². The molecule has 0 aliphatic carbocycles. The SMILES string of the molecule is CCCCCCCCPCCCCCCCC.[SeH2]. The van der Waals surface area contributed by atoms with Crippen molar-refractivity contribution in [3.05, 3.63) is 0 Å². The zero-order valence-corrected chi connectivity index (χ0v) is 16.0. The van der Waals surface area contributed by atoms with Crippen molar-refractivity contribution < 1.29 is 0 Å². The van der Waals surface area contributed by atoms with E-state index in [1.807, 2.05) is 0 Å². The van der Waals surface area contributed by atoms with Crippen molar-refractivity contribution in [3.63, 3.8) is 0 Å². The standard InChI is InChI=1S/C16H35P.H2Se/c1-3-5-7-9-11-13-15-17-16-14-12-10-8-6-4-2;/h17H,3-16H2,1-2H3;1H2. The van der Waals surface area contributed by atoms with Gasteiger partial charge in [0.15, 0.2) is 0 Å². The first-order chi connectivity index (χ1) is 8.41. The third-order valence-corrected chi connectivity index (χ3v) is 4.83. The molecule has 0 saturated heterocycles. The van der Waals surface area contributed by atoms with Crippen LogP contribution in [0.15, 0.2) is 0 Å². The molecule has 0 aliphatic rings. The monoisotopic (exact) mass is 340 g/mol. The Morgan fingerprint density at radius 1 is 0.500 bits per heavy atom. The second kappa shape index (κ2) is 20.3. The summed E-state index contributed by atoms with van der Waals surface area (Å²) in [4.78, 5) is 0. The van der Waals surface area contributed by atoms with Crippen molar-refractivity contribution >= 4 is 25.6 Å². The first-order valence-electron chi connectivity index (χ1n) is 8.12. The van der Waals surface area contributed by atoms with E-state index in [9.17, 15) is 0 Å². The Bertz CT molecular complexity index is 114. The van der Waals surface area contributed by atoms with Crippen molar-refractivity contribution in [2.75, 3.05) is 12.3 Å². The molecule has 0 N–H and O–H groups in total. The summed E-state index contributed by atoms with van der Waals surface area (Å²) < 4.78 is 0. The predicted octanol–water partition coefficient (Wildman–Crippen LogP) is 5.47. The summed E-state index contributed by atoms with van der Waals surface area (Å²) >= 11 is 0. The van der Waals surface area contributed by atoms with Crippen LogP contribution >= 0.6 is 8.58 Å². The molecule has 0 bridgehead atoms. The summed E-state index contributed by atoms with van der Waals surface area (Å²) in [5, 5.41) is 0. The van der Waals surface area contributed by atoms with Crippen molar-refractivity contribution in [2.24, 2.45) is 0 Å². The summed E-state index contributed by atoms with van der Waals surface area (Å²) in [5.74, 6) is 0. The van der Waals surface area contributed by atoms with Gasteiger partial charge in [-0.3, -0.25) is 0 Å². The third kappa shape index (κ3) is 19.3. The zero-order valence-electron chi connectivity index (χ0n) is 12.9. The number of hydrogen-bond donors (Lipinski definition) is 0. The van der Waals surface area contributed by atoms with Crippen molar-refractivity contribution in [1.29, 1.82) is 0 Å². The van der Waals surface area contributed by atoms with Crippen LogP contribution in [0.3, 0.4) is 0 Å². The van der Waals surface area contributed by atoms with E-state index in [1.54, 1.807) is 0 Å². The van der Waals surface area contributed by atoms with Crippen LogP contribution in [0.4, 0.5) is 0 Å². The van der Waals surface area contributed by atoms with Gasteiger partial charge >= 0.3 is 17.1 Å². The molecule has 112 valence electrons. The van der Waals surface area contributed by atoms with E-state index < -0.39 is 0 Å². The fraction of sp³-hybridized carbons (Fsp3) is 1.00. The third-order valence-electron chi connectivity index (χ3n) is 3.41. The van der Waals surface area contributed by atoms with Crippen LogP contribution in [0.1, 0.15) is 90.9 Å². The molecular formula is C16H37PSe. The predicted molar refractivity (Wildman–Crippen MR) is 93.3 cm³/mol. The minimum atomic E-state index is 0. The van der Waals surface area contributed by atoms with Gasteiger partial charge in [0.25, 0.3) is 0 Å². The second-order valence-corrected chi connectivity index (χ2v) is 6.79. The first-order valence-corrected chi connectivity index (χ1v) is 9.54. The van der Waals surface area contributed by atoms with Gasteiger partial charge in [0.2, 0.25) is 0 Å². The maximum atomic E-state index is 2.29. The molecular weight excluding hydrogens is 302 g/mol. The summed E-state index contributed by atoms with van der Waals surface area (Å²) in [5.41, 5.74) is 0. The topological polar surface area (TPSA) is 0 Å². The molecule has 0 radical (unpaired) electrons. The molecule has 0 spiro atoms. The van der Waals surface area contributed by atoms with Crippen LogP contribution in [-0.2, 0) is 0 Å². The first kappa shape index (κ1) is 21.3. The molecule has 0 aromatic carbocycles. The Kier molecular flexibility index (Phi) is 23.9. The van der Waals surface area contributed by atoms with Crippen molar-refractivity contribution in [1.82, 2.24) is 0 Å². The summed E-state index contributed by atoms with van der Waals surface area (Å²) in [6.45, 7) is 4.59. The number of hydrogen-bond acceptors (Lipinski definition) is 0. The molecule has 0 aromatic rings. The Balaban J connectivity index is 0. The average molecular weight is 339 g/mol. The van der Waals surface area contributed by atoms with Gasteiger partial charge in [0.05, 0.1) is 0 Å². The Morgan fingerprint density at radius 2 is 0.833 bits per heavy atom. The Hall–Kier alpha value is 0.949. The molecule has 18 heavy (non-hydrogen) atoms. The average Bonchev–Trinajstić information content (AvgIpc) is 2.35. The molecule has 0 fully saturated rings. The molecule has 0 atom stereocenters. The van der Waals surface area contributed by atoms with Gasteiger partial charge in [0.1, 0.15) is 0 Å². The number of unbranched alkanes of at least 4 members (excludes halogenated alkanes) is 10. The maximum absolute atomic E-state index is 2.29. The van der Waals surface area contributed by atoms with E-state index in [2.05, 4.69) is 13.8 Å². The summed E-state index contributed by atoms with van der Waals surface area (Å²) in [7, 11) is 1.26. The van der Waals surface area contributed by atoms with Gasteiger partial charge in [-0.15, -0.1) is 8.58 Å². The van der Waals surface area contributed by atoms with Crippen LogP contribution in [-0.4, -0.2) is 29.4 Å². The van der Waals surface area contributed by atoms with Gasteiger partial charge in [-0.25, -0.2) is 0 Å². The minimum absolute atomic E-state index is 0. The van der Waals surface area contributed by atoms with Crippen molar-refractivity contribution in [3.8, 4) is 0 Å². The van der Waals surface area contributed by atoms with E-state index in [0.717, 1.165) is 0 Å². The Morgan fingerprint density at radius 3 is 1.22 bits per heavy atom. The molecule has 2 heteroatoms. The van der Waals surface area contributed by atoms with E-state index in [-0.39, 0.29) is 17.1 Å². The van der Waals surface area contributed by atoms with Crippen LogP contribution in [0.5, 0.6) is 0 Å². The van der Waals surface area contributed by atoms with Crippen LogP contribution in [0, 0.1) is 0 Å². The van der Waals surface area contributed by atoms with Gasteiger partial charge in [-0.2, -0.15) is 0 Å². The second-order valence-electron chi connectivity index (χ2n) is 5.29. The van der Waals surface area contributed by atoms with Crippen LogP contribution in [0.25, 0.3) is 0 Å². The van der Waals surface area contributed by atoms with Crippen LogP contribution in [0.2, 0.25) is 0 Å². The van der Waals surface area contributed by atoms with Gasteiger partial charge in [-0.05, 0) is 25.2 Å². The fourth-order valence-corrected chi connectivity index (χ4v) is 3.44. The Labute approximate surface area is 129 Å².